The molecule has 0 bridgehead atoms. The van der Waals surface area contributed by atoms with Crippen LogP contribution in [0.25, 0.3) is 6.08 Å². The molecule has 0 aliphatic heterocycles. The van der Waals surface area contributed by atoms with Gasteiger partial charge in [0.1, 0.15) is 10.7 Å². The number of hydrogen-bond acceptors (Lipinski definition) is 10. The lowest BCUT2D eigenvalue weighted by molar-refractivity contribution is -0.384. The van der Waals surface area contributed by atoms with Gasteiger partial charge < -0.3 is 26.0 Å². The van der Waals surface area contributed by atoms with Crippen LogP contribution >= 0.6 is 23.1 Å². The second-order valence-corrected chi connectivity index (χ2v) is 13.4. The number of thioether (sulfide) groups is 1. The van der Waals surface area contributed by atoms with Crippen LogP contribution in [0.2, 0.25) is 0 Å². The molecule has 4 aromatic carbocycles. The number of non-ortho nitro benzene ring substituents is 1. The van der Waals surface area contributed by atoms with Gasteiger partial charge in [-0.3, -0.25) is 29.3 Å². The summed E-state index contributed by atoms with van der Waals surface area (Å²) < 4.78 is 5.22. The number of anilines is 3. The third-order valence-corrected chi connectivity index (χ3v) is 9.72. The van der Waals surface area contributed by atoms with Crippen molar-refractivity contribution in [2.24, 2.45) is 0 Å². The van der Waals surface area contributed by atoms with Crippen LogP contribution in [-0.4, -0.2) is 46.9 Å². The minimum Gasteiger partial charge on any atom is -0.462 e. The summed E-state index contributed by atoms with van der Waals surface area (Å²) in [5.74, 6) is -2.84. The van der Waals surface area contributed by atoms with Gasteiger partial charge in [0.05, 0.1) is 27.7 Å². The van der Waals surface area contributed by atoms with Gasteiger partial charge in [0.15, 0.2) is 0 Å². The molecule has 0 saturated heterocycles. The van der Waals surface area contributed by atoms with Crippen molar-refractivity contribution in [1.82, 2.24) is 5.32 Å². The number of thiophene rings is 1. The molecule has 13 nitrogen and oxygen atoms in total. The monoisotopic (exact) mass is 763 g/mol. The molecule has 0 radical (unpaired) electrons. The number of benzene rings is 4. The number of rotatable bonds is 14. The number of ether oxygens (including phenoxy) is 1. The van der Waals surface area contributed by atoms with E-state index in [2.05, 4.69) is 21.3 Å². The summed E-state index contributed by atoms with van der Waals surface area (Å²) >= 11 is 2.13. The standard InChI is InChI=1S/C39H33N5O8S2/c1-3-52-39(49)33-24(2)34(37(48)40-27-13-8-5-9-14-27)54-38(33)43-32(45)23-53-30-16-10-15-28(22-30)41-36(47)31(42-35(46)26-11-6-4-7-12-26)21-25-17-19-29(20-18-25)44(50)51/h4-22H,3,23H2,1-2H3,(H,40,48)(H,41,47)(H,42,46)(H,43,45)/b31-21+. The number of para-hydroxylation sites is 1. The number of amides is 4. The Morgan fingerprint density at radius 3 is 2.15 bits per heavy atom. The van der Waals surface area contributed by atoms with Gasteiger partial charge >= 0.3 is 5.97 Å². The Balaban J connectivity index is 1.28. The van der Waals surface area contributed by atoms with Crippen LogP contribution in [0.4, 0.5) is 22.1 Å². The van der Waals surface area contributed by atoms with Crippen LogP contribution in [0.1, 0.15) is 48.4 Å². The molecule has 15 heteroatoms. The van der Waals surface area contributed by atoms with E-state index in [1.165, 1.54) is 30.3 Å². The lowest BCUT2D eigenvalue weighted by Gasteiger charge is -2.12. The smallest absolute Gasteiger partial charge is 0.341 e. The molecule has 274 valence electrons. The van der Waals surface area contributed by atoms with Crippen molar-refractivity contribution >= 4 is 80.8 Å². The third-order valence-electron chi connectivity index (χ3n) is 7.52. The Kier molecular flexibility index (Phi) is 13.1. The van der Waals surface area contributed by atoms with Crippen molar-refractivity contribution in [2.75, 3.05) is 28.3 Å². The van der Waals surface area contributed by atoms with Gasteiger partial charge in [-0.25, -0.2) is 4.79 Å². The summed E-state index contributed by atoms with van der Waals surface area (Å²) in [7, 11) is 0. The lowest BCUT2D eigenvalue weighted by Crippen LogP contribution is -2.30. The Labute approximate surface area is 318 Å². The van der Waals surface area contributed by atoms with E-state index in [1.807, 2.05) is 6.07 Å². The maximum atomic E-state index is 13.5. The average Bonchev–Trinajstić information content (AvgIpc) is 3.50. The molecule has 1 aromatic heterocycles. The second-order valence-electron chi connectivity index (χ2n) is 11.3. The van der Waals surface area contributed by atoms with Gasteiger partial charge in [-0.2, -0.15) is 0 Å². The first-order valence-electron chi connectivity index (χ1n) is 16.4. The van der Waals surface area contributed by atoms with Gasteiger partial charge in [0.25, 0.3) is 23.4 Å². The van der Waals surface area contributed by atoms with Gasteiger partial charge in [-0.15, -0.1) is 23.1 Å². The molecule has 0 unspecified atom stereocenters. The predicted octanol–water partition coefficient (Wildman–Crippen LogP) is 7.53. The van der Waals surface area contributed by atoms with Crippen molar-refractivity contribution < 1.29 is 33.6 Å². The highest BCUT2D eigenvalue weighted by atomic mass is 32.2. The zero-order valence-corrected chi connectivity index (χ0v) is 30.5. The summed E-state index contributed by atoms with van der Waals surface area (Å²) in [5, 5.41) is 22.2. The maximum Gasteiger partial charge on any atom is 0.341 e. The largest absolute Gasteiger partial charge is 0.462 e. The topological polar surface area (TPSA) is 186 Å². The van der Waals surface area contributed by atoms with Crippen molar-refractivity contribution in [1.29, 1.82) is 0 Å². The average molecular weight is 764 g/mol. The van der Waals surface area contributed by atoms with E-state index in [1.54, 1.807) is 92.7 Å². The third kappa shape index (κ3) is 10.3. The minimum absolute atomic E-state index is 0.0828. The molecule has 0 aliphatic carbocycles. The van der Waals surface area contributed by atoms with Crippen LogP contribution in [-0.2, 0) is 14.3 Å². The second kappa shape index (κ2) is 18.3. The number of nitrogens with zero attached hydrogens (tertiary/aromatic N) is 1. The van der Waals surface area contributed by atoms with E-state index in [0.717, 1.165) is 23.1 Å². The van der Waals surface area contributed by atoms with Crippen LogP contribution in [0.15, 0.2) is 120 Å². The molecule has 4 N–H and O–H groups in total. The highest BCUT2D eigenvalue weighted by Crippen LogP contribution is 2.35. The summed E-state index contributed by atoms with van der Waals surface area (Å²) in [6, 6.07) is 29.3. The fourth-order valence-electron chi connectivity index (χ4n) is 4.95. The number of carbonyl (C=O) groups is 5. The first-order valence-corrected chi connectivity index (χ1v) is 18.2. The fraction of sp³-hybridized carbons (Fsp3) is 0.103. The normalized spacial score (nSPS) is 10.9. The number of carbonyl (C=O) groups excluding carboxylic acids is 5. The Bertz CT molecular complexity index is 2220. The SMILES string of the molecule is CCOC(=O)c1c(NC(=O)CSc2cccc(NC(=O)/C(=C\c3ccc([N+](=O)[O-])cc3)NC(=O)c3ccccc3)c2)sc(C(=O)Nc2ccccc2)c1C. The first kappa shape index (κ1) is 38.6. The zero-order valence-electron chi connectivity index (χ0n) is 28.9. The highest BCUT2D eigenvalue weighted by Gasteiger charge is 2.27. The molecule has 0 atom stereocenters. The minimum atomic E-state index is -0.668. The quantitative estimate of drug-likeness (QED) is 0.0292. The number of nitrogens with one attached hydrogen (secondary N) is 4. The van der Waals surface area contributed by atoms with Crippen LogP contribution in [0.3, 0.4) is 0 Å². The number of nitro groups is 1. The molecule has 54 heavy (non-hydrogen) atoms. The number of esters is 1. The van der Waals surface area contributed by atoms with Crippen molar-refractivity contribution in [3.63, 3.8) is 0 Å². The van der Waals surface area contributed by atoms with E-state index >= 15 is 0 Å². The van der Waals surface area contributed by atoms with E-state index in [9.17, 15) is 34.1 Å². The van der Waals surface area contributed by atoms with Crippen molar-refractivity contribution in [3.05, 3.63) is 152 Å². The molecular weight excluding hydrogens is 731 g/mol. The summed E-state index contributed by atoms with van der Waals surface area (Å²) in [6.45, 7) is 3.38. The molecule has 0 aliphatic rings. The Morgan fingerprint density at radius 1 is 0.815 bits per heavy atom. The molecule has 0 saturated carbocycles. The molecule has 5 aromatic rings. The maximum absolute atomic E-state index is 13.5. The van der Waals surface area contributed by atoms with Gasteiger partial charge in [-0.1, -0.05) is 42.5 Å². The van der Waals surface area contributed by atoms with Crippen LogP contribution in [0.5, 0.6) is 0 Å². The van der Waals surface area contributed by atoms with Crippen molar-refractivity contribution in [2.45, 2.75) is 18.7 Å². The molecule has 0 spiro atoms. The molecule has 4 amide bonds. The summed E-state index contributed by atoms with van der Waals surface area (Å²) in [5.41, 5.74) is 1.91. The van der Waals surface area contributed by atoms with Crippen LogP contribution < -0.4 is 21.3 Å². The lowest BCUT2D eigenvalue weighted by atomic mass is 10.1. The number of hydrogen-bond donors (Lipinski definition) is 4. The van der Waals surface area contributed by atoms with Crippen LogP contribution in [0, 0.1) is 17.0 Å². The number of nitro benzene ring substituents is 1. The van der Waals surface area contributed by atoms with Crippen molar-refractivity contribution in [3.8, 4) is 0 Å². The summed E-state index contributed by atoms with van der Waals surface area (Å²) in [6.07, 6.45) is 1.40. The first-order chi connectivity index (χ1) is 26.0. The van der Waals surface area contributed by atoms with E-state index in [-0.39, 0.29) is 39.2 Å². The zero-order chi connectivity index (χ0) is 38.6. The highest BCUT2D eigenvalue weighted by molar-refractivity contribution is 8.00. The fourth-order valence-corrected chi connectivity index (χ4v) is 6.81. The summed E-state index contributed by atoms with van der Waals surface area (Å²) in [4.78, 5) is 77.1. The predicted molar refractivity (Wildman–Crippen MR) is 209 cm³/mol. The van der Waals surface area contributed by atoms with Gasteiger partial charge in [0, 0.05) is 34.0 Å². The molecule has 5 rings (SSSR count). The van der Waals surface area contributed by atoms with E-state index in [4.69, 9.17) is 4.74 Å². The van der Waals surface area contributed by atoms with E-state index in [0.29, 0.717) is 33.0 Å². The van der Waals surface area contributed by atoms with Gasteiger partial charge in [0.2, 0.25) is 5.91 Å². The van der Waals surface area contributed by atoms with Gasteiger partial charge in [-0.05, 0) is 85.6 Å². The molecular formula is C39H33N5O8S2. The molecule has 1 heterocycles. The Hall–Kier alpha value is -6.58. The molecule has 0 fully saturated rings. The Morgan fingerprint density at radius 2 is 1.48 bits per heavy atom. The van der Waals surface area contributed by atoms with E-state index < -0.39 is 34.5 Å².